The van der Waals surface area contributed by atoms with Gasteiger partial charge in [0.15, 0.2) is 0 Å². The Balaban J connectivity index is 1.52. The molecule has 4 nitrogen and oxygen atoms in total. The van der Waals surface area contributed by atoms with Crippen LogP contribution in [0.5, 0.6) is 0 Å². The Morgan fingerprint density at radius 3 is 2.62 bits per heavy atom. The van der Waals surface area contributed by atoms with Crippen molar-refractivity contribution in [3.05, 3.63) is 45.9 Å². The molecule has 2 heterocycles. The number of carbonyl (C=O) groups excluding carboxylic acids is 1. The van der Waals surface area contributed by atoms with Crippen LogP contribution in [0.4, 0.5) is 5.69 Å². The molecular weight excluding hydrogens is 318 g/mol. The molecule has 1 N–H and O–H groups in total. The number of nitrogens with zero attached hydrogens (tertiary/aromatic N) is 2. The normalized spacial score (nSPS) is 15.1. The number of carbonyl (C=O) groups is 1. The third kappa shape index (κ3) is 4.65. The standard InChI is InChI=1S/C19H25N3OS/c1-14(2)15-5-7-16(8-6-15)20-18(23)11-17-13-24-19(21-17)12-22-9-3-4-10-22/h5-8,13-14H,3-4,9-12H2,1-2H3,(H,20,23). The number of nitrogens with one attached hydrogen (secondary N) is 1. The first kappa shape index (κ1) is 17.1. The van der Waals surface area contributed by atoms with E-state index in [-0.39, 0.29) is 5.91 Å². The van der Waals surface area contributed by atoms with Gasteiger partial charge in [0.1, 0.15) is 5.01 Å². The Bertz CT molecular complexity index is 672. The molecule has 5 heteroatoms. The molecule has 1 aliphatic rings. The van der Waals surface area contributed by atoms with Gasteiger partial charge in [0.25, 0.3) is 0 Å². The Kier molecular flexibility index (Phi) is 5.63. The number of hydrogen-bond acceptors (Lipinski definition) is 4. The average molecular weight is 343 g/mol. The largest absolute Gasteiger partial charge is 0.326 e. The Labute approximate surface area is 147 Å². The molecule has 0 aliphatic carbocycles. The molecule has 1 aromatic heterocycles. The topological polar surface area (TPSA) is 45.2 Å². The van der Waals surface area contributed by atoms with Crippen LogP contribution < -0.4 is 5.32 Å². The molecule has 1 aliphatic heterocycles. The van der Waals surface area contributed by atoms with Crippen LogP contribution in [0.25, 0.3) is 0 Å². The molecule has 128 valence electrons. The molecule has 0 radical (unpaired) electrons. The second kappa shape index (κ2) is 7.90. The van der Waals surface area contributed by atoms with Crippen molar-refractivity contribution in [3.63, 3.8) is 0 Å². The van der Waals surface area contributed by atoms with Gasteiger partial charge in [-0.05, 0) is 49.5 Å². The lowest BCUT2D eigenvalue weighted by Gasteiger charge is -2.11. The number of likely N-dealkylation sites (tertiary alicyclic amines) is 1. The molecule has 1 amide bonds. The summed E-state index contributed by atoms with van der Waals surface area (Å²) in [5.41, 5.74) is 2.99. The highest BCUT2D eigenvalue weighted by Gasteiger charge is 2.14. The number of amides is 1. The zero-order valence-corrected chi connectivity index (χ0v) is 15.2. The molecular formula is C19H25N3OS. The third-order valence-electron chi connectivity index (χ3n) is 4.36. The van der Waals surface area contributed by atoms with Crippen molar-refractivity contribution in [2.75, 3.05) is 18.4 Å². The number of anilines is 1. The van der Waals surface area contributed by atoms with Crippen LogP contribution in [0.2, 0.25) is 0 Å². The molecule has 0 unspecified atom stereocenters. The van der Waals surface area contributed by atoms with Crippen molar-refractivity contribution in [2.45, 2.75) is 45.6 Å². The second-order valence-electron chi connectivity index (χ2n) is 6.72. The maximum atomic E-state index is 12.2. The fourth-order valence-corrected chi connectivity index (χ4v) is 3.79. The summed E-state index contributed by atoms with van der Waals surface area (Å²) in [6.45, 7) is 7.58. The first-order chi connectivity index (χ1) is 11.6. The van der Waals surface area contributed by atoms with Crippen molar-refractivity contribution in [1.82, 2.24) is 9.88 Å². The van der Waals surface area contributed by atoms with Crippen LogP contribution in [0, 0.1) is 0 Å². The lowest BCUT2D eigenvalue weighted by atomic mass is 10.0. The van der Waals surface area contributed by atoms with E-state index >= 15 is 0 Å². The van der Waals surface area contributed by atoms with Crippen molar-refractivity contribution in [2.24, 2.45) is 0 Å². The van der Waals surface area contributed by atoms with Crippen LogP contribution in [-0.2, 0) is 17.8 Å². The van der Waals surface area contributed by atoms with Crippen molar-refractivity contribution in [1.29, 1.82) is 0 Å². The van der Waals surface area contributed by atoms with E-state index in [4.69, 9.17) is 0 Å². The van der Waals surface area contributed by atoms with Crippen LogP contribution in [0.1, 0.15) is 48.9 Å². The molecule has 3 rings (SSSR count). The van der Waals surface area contributed by atoms with Gasteiger partial charge in [0.05, 0.1) is 18.7 Å². The highest BCUT2D eigenvalue weighted by Crippen LogP contribution is 2.19. The van der Waals surface area contributed by atoms with Gasteiger partial charge in [0, 0.05) is 11.1 Å². The molecule has 0 atom stereocenters. The van der Waals surface area contributed by atoms with Gasteiger partial charge in [-0.3, -0.25) is 9.69 Å². The summed E-state index contributed by atoms with van der Waals surface area (Å²) in [5, 5.41) is 6.07. The van der Waals surface area contributed by atoms with Crippen LogP contribution in [0.3, 0.4) is 0 Å². The molecule has 1 fully saturated rings. The van der Waals surface area contributed by atoms with Crippen molar-refractivity contribution in [3.8, 4) is 0 Å². The van der Waals surface area contributed by atoms with E-state index in [0.29, 0.717) is 12.3 Å². The lowest BCUT2D eigenvalue weighted by molar-refractivity contribution is -0.115. The maximum Gasteiger partial charge on any atom is 0.230 e. The van der Waals surface area contributed by atoms with Gasteiger partial charge >= 0.3 is 0 Å². The number of hydrogen-bond donors (Lipinski definition) is 1. The number of benzene rings is 1. The first-order valence-electron chi connectivity index (χ1n) is 8.65. The minimum absolute atomic E-state index is 0.00896. The Hall–Kier alpha value is -1.72. The minimum atomic E-state index is -0.00896. The van der Waals surface area contributed by atoms with E-state index < -0.39 is 0 Å². The molecule has 1 saturated heterocycles. The highest BCUT2D eigenvalue weighted by atomic mass is 32.1. The van der Waals surface area contributed by atoms with Crippen molar-refractivity contribution < 1.29 is 4.79 Å². The number of thiazole rings is 1. The van der Waals surface area contributed by atoms with Gasteiger partial charge in [-0.2, -0.15) is 0 Å². The molecule has 1 aromatic carbocycles. The monoisotopic (exact) mass is 343 g/mol. The fourth-order valence-electron chi connectivity index (χ4n) is 2.96. The third-order valence-corrected chi connectivity index (χ3v) is 5.24. The zero-order valence-electron chi connectivity index (χ0n) is 14.4. The Morgan fingerprint density at radius 1 is 1.25 bits per heavy atom. The summed E-state index contributed by atoms with van der Waals surface area (Å²) in [6.07, 6.45) is 2.91. The maximum absolute atomic E-state index is 12.2. The molecule has 0 bridgehead atoms. The minimum Gasteiger partial charge on any atom is -0.326 e. The summed E-state index contributed by atoms with van der Waals surface area (Å²) < 4.78 is 0. The van der Waals surface area contributed by atoms with E-state index in [0.717, 1.165) is 22.9 Å². The SMILES string of the molecule is CC(C)c1ccc(NC(=O)Cc2csc(CN3CCCC3)n2)cc1. The zero-order chi connectivity index (χ0) is 16.9. The first-order valence-corrected chi connectivity index (χ1v) is 9.53. The molecule has 0 spiro atoms. The lowest BCUT2D eigenvalue weighted by Crippen LogP contribution is -2.18. The molecule has 2 aromatic rings. The molecule has 24 heavy (non-hydrogen) atoms. The van der Waals surface area contributed by atoms with E-state index in [1.165, 1.54) is 31.5 Å². The van der Waals surface area contributed by atoms with E-state index in [9.17, 15) is 4.79 Å². The number of aromatic nitrogens is 1. The summed E-state index contributed by atoms with van der Waals surface area (Å²) in [7, 11) is 0. The van der Waals surface area contributed by atoms with Crippen LogP contribution in [-0.4, -0.2) is 28.9 Å². The summed E-state index contributed by atoms with van der Waals surface area (Å²) in [5.74, 6) is 0.490. The summed E-state index contributed by atoms with van der Waals surface area (Å²) >= 11 is 1.66. The van der Waals surface area contributed by atoms with Gasteiger partial charge < -0.3 is 5.32 Å². The quantitative estimate of drug-likeness (QED) is 0.861. The highest BCUT2D eigenvalue weighted by molar-refractivity contribution is 7.09. The summed E-state index contributed by atoms with van der Waals surface area (Å²) in [6, 6.07) is 8.06. The number of rotatable bonds is 6. The van der Waals surface area contributed by atoms with Gasteiger partial charge in [-0.1, -0.05) is 26.0 Å². The second-order valence-corrected chi connectivity index (χ2v) is 7.66. The molecule has 0 saturated carbocycles. The van der Waals surface area contributed by atoms with Gasteiger partial charge in [0.2, 0.25) is 5.91 Å². The summed E-state index contributed by atoms with van der Waals surface area (Å²) in [4.78, 5) is 19.2. The Morgan fingerprint density at radius 2 is 1.96 bits per heavy atom. The predicted molar refractivity (Wildman–Crippen MR) is 99.5 cm³/mol. The fraction of sp³-hybridized carbons (Fsp3) is 0.474. The smallest absolute Gasteiger partial charge is 0.230 e. The predicted octanol–water partition coefficient (Wildman–Crippen LogP) is 4.04. The van der Waals surface area contributed by atoms with Crippen LogP contribution in [0.15, 0.2) is 29.6 Å². The van der Waals surface area contributed by atoms with Crippen molar-refractivity contribution >= 4 is 22.9 Å². The van der Waals surface area contributed by atoms with E-state index in [1.807, 2.05) is 17.5 Å². The van der Waals surface area contributed by atoms with E-state index in [1.54, 1.807) is 11.3 Å². The van der Waals surface area contributed by atoms with Gasteiger partial charge in [-0.25, -0.2) is 4.98 Å². The average Bonchev–Trinajstić information content (AvgIpc) is 3.20. The van der Waals surface area contributed by atoms with E-state index in [2.05, 4.69) is 41.2 Å². The van der Waals surface area contributed by atoms with Crippen LogP contribution >= 0.6 is 11.3 Å². The van der Waals surface area contributed by atoms with Gasteiger partial charge in [-0.15, -0.1) is 11.3 Å².